The van der Waals surface area contributed by atoms with Crippen LogP contribution in [0.3, 0.4) is 0 Å². The van der Waals surface area contributed by atoms with Gasteiger partial charge < -0.3 is 21.8 Å². The minimum atomic E-state index is 0. The van der Waals surface area contributed by atoms with E-state index in [0.29, 0.717) is 0 Å². The number of hydrogen-bond acceptors (Lipinski definition) is 0. The van der Waals surface area contributed by atoms with E-state index < -0.39 is 0 Å². The molecule has 0 aliphatic rings. The summed E-state index contributed by atoms with van der Waals surface area (Å²) in [5.74, 6) is 0. The molecule has 0 radical (unpaired) electrons. The quantitative estimate of drug-likeness (QED) is 0.597. The Kier molecular flexibility index (Phi) is 45.9. The SMILES string of the molecule is [CH2-]CC.[CH3-].[CH3-].[Zr+4].c1cc[cH-]c1. The van der Waals surface area contributed by atoms with Crippen molar-refractivity contribution in [2.24, 2.45) is 0 Å². The van der Waals surface area contributed by atoms with Gasteiger partial charge in [0.2, 0.25) is 0 Å². The minimum absolute atomic E-state index is 0. The molecule has 1 rings (SSSR count). The summed E-state index contributed by atoms with van der Waals surface area (Å²) >= 11 is 0. The Morgan fingerprint density at radius 2 is 1.45 bits per heavy atom. The molecule has 0 atom stereocenters. The van der Waals surface area contributed by atoms with Crippen LogP contribution in [0, 0.1) is 21.8 Å². The van der Waals surface area contributed by atoms with Crippen molar-refractivity contribution >= 4 is 0 Å². The fourth-order valence-corrected chi connectivity index (χ4v) is 0.321. The Balaban J connectivity index is -0.0000000379. The second-order valence-corrected chi connectivity index (χ2v) is 1.46. The Hall–Kier alpha value is 0.233. The molecule has 1 heteroatoms. The van der Waals surface area contributed by atoms with Gasteiger partial charge in [-0.1, -0.05) is 6.92 Å². The van der Waals surface area contributed by atoms with Crippen molar-refractivity contribution < 1.29 is 26.2 Å². The van der Waals surface area contributed by atoms with Gasteiger partial charge in [-0.05, 0) is 0 Å². The van der Waals surface area contributed by atoms with Gasteiger partial charge in [-0.2, -0.15) is 24.6 Å². The second-order valence-electron chi connectivity index (χ2n) is 1.46. The smallest absolute Gasteiger partial charge is 0.358 e. The van der Waals surface area contributed by atoms with Gasteiger partial charge in [0.15, 0.2) is 0 Å². The zero-order valence-electron chi connectivity index (χ0n) is 7.80. The van der Waals surface area contributed by atoms with Crippen molar-refractivity contribution in [3.05, 3.63) is 52.1 Å². The molecular formula is C10H18Zr. The summed E-state index contributed by atoms with van der Waals surface area (Å²) in [4.78, 5) is 0. The zero-order chi connectivity index (χ0) is 6.24. The Morgan fingerprint density at radius 1 is 1.18 bits per heavy atom. The molecule has 0 nitrogen and oxygen atoms in total. The summed E-state index contributed by atoms with van der Waals surface area (Å²) in [5, 5.41) is 0. The van der Waals surface area contributed by atoms with Gasteiger partial charge in [-0.25, -0.2) is 12.1 Å². The molecule has 0 aliphatic carbocycles. The van der Waals surface area contributed by atoms with Crippen LogP contribution < -0.4 is 0 Å². The van der Waals surface area contributed by atoms with Crippen molar-refractivity contribution in [1.29, 1.82) is 0 Å². The van der Waals surface area contributed by atoms with Gasteiger partial charge in [0.05, 0.1) is 0 Å². The van der Waals surface area contributed by atoms with Gasteiger partial charge in [-0.15, -0.1) is 0 Å². The normalized spacial score (nSPS) is 5.27. The predicted octanol–water partition coefficient (Wildman–Crippen LogP) is 3.53. The van der Waals surface area contributed by atoms with E-state index in [-0.39, 0.29) is 41.1 Å². The predicted molar refractivity (Wildman–Crippen MR) is 50.5 cm³/mol. The van der Waals surface area contributed by atoms with E-state index in [0.717, 1.165) is 6.42 Å². The first kappa shape index (κ1) is 22.5. The zero-order valence-corrected chi connectivity index (χ0v) is 10.3. The summed E-state index contributed by atoms with van der Waals surface area (Å²) in [5.41, 5.74) is 0. The molecule has 0 saturated carbocycles. The summed E-state index contributed by atoms with van der Waals surface area (Å²) < 4.78 is 0. The maximum atomic E-state index is 3.49. The van der Waals surface area contributed by atoms with Crippen molar-refractivity contribution in [1.82, 2.24) is 0 Å². The van der Waals surface area contributed by atoms with E-state index in [1.807, 2.05) is 37.3 Å². The van der Waals surface area contributed by atoms with Crippen LogP contribution in [0.15, 0.2) is 30.3 Å². The van der Waals surface area contributed by atoms with Crippen LogP contribution in [0.1, 0.15) is 13.3 Å². The van der Waals surface area contributed by atoms with Crippen LogP contribution in [-0.2, 0) is 26.2 Å². The van der Waals surface area contributed by atoms with Crippen LogP contribution in [-0.4, -0.2) is 0 Å². The molecule has 0 fully saturated rings. The first-order valence-electron chi connectivity index (χ1n) is 2.87. The van der Waals surface area contributed by atoms with E-state index in [1.165, 1.54) is 0 Å². The van der Waals surface area contributed by atoms with Crippen LogP contribution in [0.25, 0.3) is 0 Å². The van der Waals surface area contributed by atoms with E-state index in [1.54, 1.807) is 0 Å². The average Bonchev–Trinajstić information content (AvgIpc) is 2.17. The van der Waals surface area contributed by atoms with Crippen molar-refractivity contribution in [3.8, 4) is 0 Å². The van der Waals surface area contributed by atoms with E-state index in [4.69, 9.17) is 0 Å². The average molecular weight is 229 g/mol. The molecule has 1 aromatic carbocycles. The summed E-state index contributed by atoms with van der Waals surface area (Å²) in [7, 11) is 0. The molecule has 0 unspecified atom stereocenters. The van der Waals surface area contributed by atoms with Crippen LogP contribution >= 0.6 is 0 Å². The van der Waals surface area contributed by atoms with E-state index in [2.05, 4.69) is 6.92 Å². The number of hydrogen-bond donors (Lipinski definition) is 0. The molecule has 0 aliphatic heterocycles. The van der Waals surface area contributed by atoms with Crippen LogP contribution in [0.5, 0.6) is 0 Å². The standard InChI is InChI=1S/C5H5.C3H7.2CH3.Zr/c1-2-4-5-3-1;1-3-2;;;/h1-5H;1,3H2,2H3;2*1H3;/q4*-1;+4. The fourth-order valence-electron chi connectivity index (χ4n) is 0.321. The maximum absolute atomic E-state index is 3.49. The third kappa shape index (κ3) is 25.3. The molecule has 0 bridgehead atoms. The molecule has 0 aromatic heterocycles. The van der Waals surface area contributed by atoms with Gasteiger partial charge >= 0.3 is 26.2 Å². The maximum Gasteiger partial charge on any atom is 4.00 e. The van der Waals surface area contributed by atoms with E-state index in [9.17, 15) is 0 Å². The Labute approximate surface area is 91.5 Å². The molecule has 0 saturated heterocycles. The first-order valence-corrected chi connectivity index (χ1v) is 2.87. The van der Waals surface area contributed by atoms with Gasteiger partial charge in [0.25, 0.3) is 0 Å². The largest absolute Gasteiger partial charge is 4.00 e. The molecule has 0 spiro atoms. The van der Waals surface area contributed by atoms with Crippen molar-refractivity contribution in [3.63, 3.8) is 0 Å². The molecule has 0 N–H and O–H groups in total. The monoisotopic (exact) mass is 228 g/mol. The second kappa shape index (κ2) is 22.5. The molecule has 0 amide bonds. The third-order valence-corrected chi connectivity index (χ3v) is 0.556. The molecule has 0 heterocycles. The fraction of sp³-hybridized carbons (Fsp3) is 0.200. The van der Waals surface area contributed by atoms with Gasteiger partial charge in [-0.3, -0.25) is 0 Å². The van der Waals surface area contributed by atoms with Crippen LogP contribution in [0.4, 0.5) is 0 Å². The van der Waals surface area contributed by atoms with Crippen molar-refractivity contribution in [2.75, 3.05) is 0 Å². The molecule has 1 aromatic rings. The molecule has 62 valence electrons. The van der Waals surface area contributed by atoms with Gasteiger partial charge in [0.1, 0.15) is 0 Å². The summed E-state index contributed by atoms with van der Waals surface area (Å²) in [6, 6.07) is 10.0. The topological polar surface area (TPSA) is 0 Å². The number of rotatable bonds is 0. The summed E-state index contributed by atoms with van der Waals surface area (Å²) in [6.45, 7) is 5.50. The first-order chi connectivity index (χ1) is 3.91. The van der Waals surface area contributed by atoms with E-state index >= 15 is 0 Å². The summed E-state index contributed by atoms with van der Waals surface area (Å²) in [6.07, 6.45) is 1.00. The molecular weight excluding hydrogens is 211 g/mol. The van der Waals surface area contributed by atoms with Crippen LogP contribution in [0.2, 0.25) is 0 Å². The van der Waals surface area contributed by atoms with Gasteiger partial charge in [0, 0.05) is 0 Å². The van der Waals surface area contributed by atoms with Crippen molar-refractivity contribution in [2.45, 2.75) is 13.3 Å². The Bertz CT molecular complexity index is 71.8. The molecule has 11 heavy (non-hydrogen) atoms. The minimum Gasteiger partial charge on any atom is -0.358 e. The Morgan fingerprint density at radius 3 is 1.55 bits per heavy atom. The third-order valence-electron chi connectivity index (χ3n) is 0.556.